The van der Waals surface area contributed by atoms with E-state index in [1.807, 2.05) is 13.8 Å². The van der Waals surface area contributed by atoms with Gasteiger partial charge in [-0.1, -0.05) is 0 Å². The van der Waals surface area contributed by atoms with Gasteiger partial charge < -0.3 is 10.1 Å². The number of hydrogen-bond acceptors (Lipinski definition) is 3. The number of alkyl halides is 1. The van der Waals surface area contributed by atoms with E-state index in [2.05, 4.69) is 10.6 Å². The normalized spacial score (nSPS) is 10.4. The first-order chi connectivity index (χ1) is 8.06. The van der Waals surface area contributed by atoms with Crippen molar-refractivity contribution < 1.29 is 14.3 Å². The number of carbonyl (C=O) groups excluding carboxylic acids is 2. The van der Waals surface area contributed by atoms with Crippen LogP contribution in [0.4, 0.5) is 4.79 Å². The fourth-order valence-electron chi connectivity index (χ4n) is 1.07. The minimum atomic E-state index is -0.468. The Morgan fingerprint density at radius 1 is 1.29 bits per heavy atom. The lowest BCUT2D eigenvalue weighted by molar-refractivity contribution is -0.119. The van der Waals surface area contributed by atoms with Gasteiger partial charge in [0.2, 0.25) is 5.91 Å². The smallest absolute Gasteiger partial charge is 0.321 e. The SMILES string of the molecule is CC(C)OCCCCNC(=O)NC(=O)CCCl. The van der Waals surface area contributed by atoms with Gasteiger partial charge in [0.15, 0.2) is 0 Å². The van der Waals surface area contributed by atoms with E-state index in [1.54, 1.807) is 0 Å². The second-order valence-corrected chi connectivity index (χ2v) is 4.25. The zero-order chi connectivity index (χ0) is 13.1. The molecule has 0 fully saturated rings. The number of imide groups is 1. The van der Waals surface area contributed by atoms with Crippen LogP contribution in [0.25, 0.3) is 0 Å². The Balaban J connectivity index is 3.36. The summed E-state index contributed by atoms with van der Waals surface area (Å²) in [5.74, 6) is -0.147. The van der Waals surface area contributed by atoms with Gasteiger partial charge >= 0.3 is 6.03 Å². The summed E-state index contributed by atoms with van der Waals surface area (Å²) in [6, 6.07) is -0.468. The van der Waals surface area contributed by atoms with Gasteiger partial charge in [-0.05, 0) is 26.7 Å². The van der Waals surface area contributed by atoms with Crippen LogP contribution >= 0.6 is 11.6 Å². The lowest BCUT2D eigenvalue weighted by Gasteiger charge is -2.08. The molecule has 0 aromatic rings. The molecule has 0 aliphatic rings. The fraction of sp³-hybridized carbons (Fsp3) is 0.818. The van der Waals surface area contributed by atoms with Crippen LogP contribution in [0.1, 0.15) is 33.1 Å². The molecule has 17 heavy (non-hydrogen) atoms. The Hall–Kier alpha value is -0.810. The maximum absolute atomic E-state index is 11.2. The Labute approximate surface area is 107 Å². The molecule has 5 nitrogen and oxygen atoms in total. The number of rotatable bonds is 8. The highest BCUT2D eigenvalue weighted by molar-refractivity contribution is 6.19. The molecular weight excluding hydrogens is 244 g/mol. The van der Waals surface area contributed by atoms with Crippen molar-refractivity contribution in [2.75, 3.05) is 19.0 Å². The van der Waals surface area contributed by atoms with E-state index in [1.165, 1.54) is 0 Å². The number of hydrogen-bond donors (Lipinski definition) is 2. The van der Waals surface area contributed by atoms with Crippen molar-refractivity contribution in [2.45, 2.75) is 39.2 Å². The number of nitrogens with one attached hydrogen (secondary N) is 2. The fourth-order valence-corrected chi connectivity index (χ4v) is 1.24. The number of halogens is 1. The van der Waals surface area contributed by atoms with Gasteiger partial charge in [0.25, 0.3) is 0 Å². The van der Waals surface area contributed by atoms with Crippen LogP contribution in [0.5, 0.6) is 0 Å². The van der Waals surface area contributed by atoms with E-state index in [9.17, 15) is 9.59 Å². The van der Waals surface area contributed by atoms with Crippen molar-refractivity contribution >= 4 is 23.5 Å². The third-order valence-electron chi connectivity index (χ3n) is 1.88. The van der Waals surface area contributed by atoms with Crippen molar-refractivity contribution in [2.24, 2.45) is 0 Å². The van der Waals surface area contributed by atoms with E-state index in [0.717, 1.165) is 12.8 Å². The topological polar surface area (TPSA) is 67.4 Å². The number of unbranched alkanes of at least 4 members (excludes halogenated alkanes) is 1. The van der Waals surface area contributed by atoms with E-state index < -0.39 is 6.03 Å². The van der Waals surface area contributed by atoms with Crippen LogP contribution in [-0.2, 0) is 9.53 Å². The minimum absolute atomic E-state index is 0.150. The third-order valence-corrected chi connectivity index (χ3v) is 2.07. The molecule has 100 valence electrons. The standard InChI is InChI=1S/C11H21ClN2O3/c1-9(2)17-8-4-3-7-13-11(16)14-10(15)5-6-12/h9H,3-8H2,1-2H3,(H2,13,14,15,16). The molecule has 0 bridgehead atoms. The summed E-state index contributed by atoms with van der Waals surface area (Å²) in [4.78, 5) is 22.1. The van der Waals surface area contributed by atoms with Crippen molar-refractivity contribution in [1.82, 2.24) is 10.6 Å². The monoisotopic (exact) mass is 264 g/mol. The Bertz CT molecular complexity index is 235. The molecule has 3 amide bonds. The highest BCUT2D eigenvalue weighted by atomic mass is 35.5. The summed E-state index contributed by atoms with van der Waals surface area (Å²) in [6.45, 7) is 5.18. The van der Waals surface area contributed by atoms with Gasteiger partial charge in [-0.25, -0.2) is 4.79 Å². The third kappa shape index (κ3) is 11.5. The maximum Gasteiger partial charge on any atom is 0.321 e. The van der Waals surface area contributed by atoms with Gasteiger partial charge in [-0.15, -0.1) is 11.6 Å². The number of ether oxygens (including phenoxy) is 1. The molecule has 0 heterocycles. The van der Waals surface area contributed by atoms with Crippen LogP contribution in [0.3, 0.4) is 0 Å². The second-order valence-electron chi connectivity index (χ2n) is 3.87. The molecule has 0 aliphatic heterocycles. The van der Waals surface area contributed by atoms with Gasteiger partial charge in [0, 0.05) is 25.5 Å². The summed E-state index contributed by atoms with van der Waals surface area (Å²) < 4.78 is 5.35. The predicted octanol–water partition coefficient (Wildman–Crippen LogP) is 1.65. The van der Waals surface area contributed by atoms with Crippen LogP contribution in [0.2, 0.25) is 0 Å². The number of carbonyl (C=O) groups is 2. The molecule has 0 atom stereocenters. The van der Waals surface area contributed by atoms with Crippen LogP contribution in [-0.4, -0.2) is 37.1 Å². The average molecular weight is 265 g/mol. The van der Waals surface area contributed by atoms with Crippen LogP contribution in [0, 0.1) is 0 Å². The lowest BCUT2D eigenvalue weighted by atomic mass is 10.3. The minimum Gasteiger partial charge on any atom is -0.379 e. The molecule has 0 radical (unpaired) electrons. The number of amides is 3. The van der Waals surface area contributed by atoms with Crippen LogP contribution < -0.4 is 10.6 Å². The average Bonchev–Trinajstić information content (AvgIpc) is 2.23. The van der Waals surface area contributed by atoms with Crippen LogP contribution in [0.15, 0.2) is 0 Å². The second kappa shape index (κ2) is 10.4. The molecule has 0 saturated heterocycles. The molecule has 0 spiro atoms. The van der Waals surface area contributed by atoms with Gasteiger partial charge in [-0.3, -0.25) is 10.1 Å². The van der Waals surface area contributed by atoms with E-state index in [4.69, 9.17) is 16.3 Å². The molecule has 0 rings (SSSR count). The highest BCUT2D eigenvalue weighted by Crippen LogP contribution is 1.93. The Morgan fingerprint density at radius 2 is 2.00 bits per heavy atom. The van der Waals surface area contributed by atoms with E-state index in [-0.39, 0.29) is 24.3 Å². The molecule has 2 N–H and O–H groups in total. The van der Waals surface area contributed by atoms with E-state index >= 15 is 0 Å². The maximum atomic E-state index is 11.2. The zero-order valence-electron chi connectivity index (χ0n) is 10.4. The predicted molar refractivity (Wildman–Crippen MR) is 67.2 cm³/mol. The van der Waals surface area contributed by atoms with Crippen molar-refractivity contribution in [1.29, 1.82) is 0 Å². The van der Waals surface area contributed by atoms with Crippen molar-refractivity contribution in [3.63, 3.8) is 0 Å². The van der Waals surface area contributed by atoms with Crippen molar-refractivity contribution in [3.05, 3.63) is 0 Å². The first kappa shape index (κ1) is 16.2. The summed E-state index contributed by atoms with van der Waals surface area (Å²) in [6.07, 6.45) is 2.09. The van der Waals surface area contributed by atoms with Gasteiger partial charge in [-0.2, -0.15) is 0 Å². The molecule has 0 aromatic heterocycles. The molecule has 0 aromatic carbocycles. The molecule has 0 unspecified atom stereocenters. The zero-order valence-corrected chi connectivity index (χ0v) is 11.2. The van der Waals surface area contributed by atoms with E-state index in [0.29, 0.717) is 13.2 Å². The van der Waals surface area contributed by atoms with Crippen molar-refractivity contribution in [3.8, 4) is 0 Å². The largest absolute Gasteiger partial charge is 0.379 e. The lowest BCUT2D eigenvalue weighted by Crippen LogP contribution is -2.39. The quantitative estimate of drug-likeness (QED) is 0.517. The molecule has 0 aliphatic carbocycles. The summed E-state index contributed by atoms with van der Waals surface area (Å²) in [5.41, 5.74) is 0. The molecular formula is C11H21ClN2O3. The first-order valence-corrected chi connectivity index (χ1v) is 6.35. The summed E-state index contributed by atoms with van der Waals surface area (Å²) in [7, 11) is 0. The van der Waals surface area contributed by atoms with Gasteiger partial charge in [0.1, 0.15) is 0 Å². The molecule has 0 saturated carbocycles. The number of urea groups is 1. The summed E-state index contributed by atoms with van der Waals surface area (Å²) in [5, 5.41) is 4.78. The Morgan fingerprint density at radius 3 is 2.59 bits per heavy atom. The molecule has 6 heteroatoms. The highest BCUT2D eigenvalue weighted by Gasteiger charge is 2.05. The summed E-state index contributed by atoms with van der Waals surface area (Å²) >= 11 is 5.36. The first-order valence-electron chi connectivity index (χ1n) is 5.81. The Kier molecular flexibility index (Phi) is 9.86. The van der Waals surface area contributed by atoms with Gasteiger partial charge in [0.05, 0.1) is 6.10 Å².